The molecule has 2 heterocycles. The normalized spacial score (nSPS) is 15.9. The summed E-state index contributed by atoms with van der Waals surface area (Å²) in [6, 6.07) is 0. The van der Waals surface area contributed by atoms with Crippen molar-refractivity contribution in [3.05, 3.63) is 17.2 Å². The first-order valence-electron chi connectivity index (χ1n) is 5.67. The molecule has 0 saturated carbocycles. The van der Waals surface area contributed by atoms with Crippen molar-refractivity contribution < 1.29 is 8.42 Å². The number of nitrogens with zero attached hydrogens (tertiary/aromatic N) is 2. The number of sulfonamides is 1. The molecule has 0 spiro atoms. The molecule has 0 fully saturated rings. The number of imidazole rings is 1. The summed E-state index contributed by atoms with van der Waals surface area (Å²) in [7, 11) is -3.11. The van der Waals surface area contributed by atoms with Crippen LogP contribution in [0.1, 0.15) is 17.2 Å². The van der Waals surface area contributed by atoms with Gasteiger partial charge >= 0.3 is 0 Å². The second-order valence-corrected chi connectivity index (χ2v) is 6.13. The Hall–Kier alpha value is -0.920. The van der Waals surface area contributed by atoms with Gasteiger partial charge in [-0.05, 0) is 6.92 Å². The fraction of sp³-hybridized carbons (Fsp3) is 0.700. The van der Waals surface area contributed by atoms with Crippen LogP contribution in [0.3, 0.4) is 0 Å². The maximum Gasteiger partial charge on any atom is 0.208 e. The average molecular weight is 258 g/mol. The highest BCUT2D eigenvalue weighted by Crippen LogP contribution is 2.15. The van der Waals surface area contributed by atoms with Gasteiger partial charge in [0.15, 0.2) is 0 Å². The predicted octanol–water partition coefficient (Wildman–Crippen LogP) is -0.614. The second-order valence-electron chi connectivity index (χ2n) is 4.30. The Labute approximate surface area is 101 Å². The molecule has 2 rings (SSSR count). The lowest BCUT2D eigenvalue weighted by molar-refractivity contribution is 0.560. The standard InChI is InChI=1S/C10H18N4O2S/c1-8-13-9-7-11-4-3-10(9)14(8)6-5-12-17(2,15)16/h11-12H,3-7H2,1-2H3. The van der Waals surface area contributed by atoms with E-state index in [-0.39, 0.29) is 0 Å². The number of hydrogen-bond acceptors (Lipinski definition) is 4. The van der Waals surface area contributed by atoms with E-state index in [0.29, 0.717) is 13.1 Å². The Kier molecular flexibility index (Phi) is 3.50. The Morgan fingerprint density at radius 3 is 3.00 bits per heavy atom. The molecule has 0 bridgehead atoms. The number of rotatable bonds is 4. The van der Waals surface area contributed by atoms with E-state index >= 15 is 0 Å². The minimum atomic E-state index is -3.11. The molecule has 0 atom stereocenters. The average Bonchev–Trinajstić information content (AvgIpc) is 2.54. The van der Waals surface area contributed by atoms with Crippen LogP contribution in [-0.4, -0.2) is 37.3 Å². The highest BCUT2D eigenvalue weighted by atomic mass is 32.2. The van der Waals surface area contributed by atoms with Crippen LogP contribution in [0.4, 0.5) is 0 Å². The molecule has 0 aromatic carbocycles. The van der Waals surface area contributed by atoms with E-state index < -0.39 is 10.0 Å². The predicted molar refractivity (Wildman–Crippen MR) is 65.2 cm³/mol. The van der Waals surface area contributed by atoms with Crippen LogP contribution in [0.25, 0.3) is 0 Å². The molecular formula is C10H18N4O2S. The largest absolute Gasteiger partial charge is 0.331 e. The molecule has 7 heteroatoms. The van der Waals surface area contributed by atoms with Crippen LogP contribution in [0.5, 0.6) is 0 Å². The molecule has 17 heavy (non-hydrogen) atoms. The fourth-order valence-electron chi connectivity index (χ4n) is 2.15. The molecular weight excluding hydrogens is 240 g/mol. The van der Waals surface area contributed by atoms with Gasteiger partial charge in [-0.3, -0.25) is 0 Å². The van der Waals surface area contributed by atoms with Gasteiger partial charge in [-0.1, -0.05) is 0 Å². The summed E-state index contributed by atoms with van der Waals surface area (Å²) in [5.41, 5.74) is 2.32. The Balaban J connectivity index is 2.08. The molecule has 1 aromatic heterocycles. The molecule has 2 N–H and O–H groups in total. The number of fused-ring (bicyclic) bond motifs is 1. The summed E-state index contributed by atoms with van der Waals surface area (Å²) in [6.07, 6.45) is 2.13. The van der Waals surface area contributed by atoms with Crippen molar-refractivity contribution in [1.29, 1.82) is 0 Å². The number of nitrogens with one attached hydrogen (secondary N) is 2. The first-order valence-corrected chi connectivity index (χ1v) is 7.57. The maximum absolute atomic E-state index is 11.0. The third kappa shape index (κ3) is 3.05. The van der Waals surface area contributed by atoms with Crippen molar-refractivity contribution in [1.82, 2.24) is 19.6 Å². The van der Waals surface area contributed by atoms with E-state index in [1.165, 1.54) is 11.9 Å². The summed E-state index contributed by atoms with van der Waals surface area (Å²) >= 11 is 0. The zero-order chi connectivity index (χ0) is 12.5. The summed E-state index contributed by atoms with van der Waals surface area (Å²) < 4.78 is 26.6. The van der Waals surface area contributed by atoms with Gasteiger partial charge in [-0.25, -0.2) is 18.1 Å². The van der Waals surface area contributed by atoms with Crippen LogP contribution >= 0.6 is 0 Å². The summed E-state index contributed by atoms with van der Waals surface area (Å²) in [6.45, 7) is 4.77. The van der Waals surface area contributed by atoms with Gasteiger partial charge in [-0.15, -0.1) is 0 Å². The van der Waals surface area contributed by atoms with E-state index in [1.807, 2.05) is 6.92 Å². The number of hydrogen-bond donors (Lipinski definition) is 2. The lowest BCUT2D eigenvalue weighted by atomic mass is 10.2. The molecule has 0 saturated heterocycles. The van der Waals surface area contributed by atoms with Crippen LogP contribution in [-0.2, 0) is 29.5 Å². The minimum absolute atomic E-state index is 0.413. The third-order valence-corrected chi connectivity index (χ3v) is 3.61. The first kappa shape index (κ1) is 12.5. The zero-order valence-corrected chi connectivity index (χ0v) is 11.0. The van der Waals surface area contributed by atoms with Crippen LogP contribution in [0.15, 0.2) is 0 Å². The van der Waals surface area contributed by atoms with Crippen molar-refractivity contribution in [3.8, 4) is 0 Å². The smallest absolute Gasteiger partial charge is 0.208 e. The van der Waals surface area contributed by atoms with E-state index in [2.05, 4.69) is 19.6 Å². The van der Waals surface area contributed by atoms with Crippen molar-refractivity contribution >= 4 is 10.0 Å². The van der Waals surface area contributed by atoms with Gasteiger partial charge in [0.2, 0.25) is 10.0 Å². The molecule has 0 radical (unpaired) electrons. The van der Waals surface area contributed by atoms with E-state index in [4.69, 9.17) is 0 Å². The SMILES string of the molecule is Cc1nc2c(n1CCNS(C)(=O)=O)CCNC2. The van der Waals surface area contributed by atoms with E-state index in [1.54, 1.807) is 0 Å². The summed E-state index contributed by atoms with van der Waals surface area (Å²) in [5, 5.41) is 3.27. The van der Waals surface area contributed by atoms with Gasteiger partial charge in [0.1, 0.15) is 5.82 Å². The molecule has 1 aliphatic rings. The quantitative estimate of drug-likeness (QED) is 0.755. The van der Waals surface area contributed by atoms with Crippen LogP contribution in [0, 0.1) is 6.92 Å². The third-order valence-electron chi connectivity index (χ3n) is 2.88. The monoisotopic (exact) mass is 258 g/mol. The van der Waals surface area contributed by atoms with Gasteiger partial charge in [0, 0.05) is 38.3 Å². The zero-order valence-electron chi connectivity index (χ0n) is 10.2. The van der Waals surface area contributed by atoms with Gasteiger partial charge < -0.3 is 9.88 Å². The first-order chi connectivity index (χ1) is 7.97. The molecule has 0 unspecified atom stereocenters. The van der Waals surface area contributed by atoms with Crippen LogP contribution in [0.2, 0.25) is 0 Å². The molecule has 1 aliphatic heterocycles. The highest BCUT2D eigenvalue weighted by Gasteiger charge is 2.17. The van der Waals surface area contributed by atoms with Crippen LogP contribution < -0.4 is 10.0 Å². The Morgan fingerprint density at radius 1 is 1.53 bits per heavy atom. The van der Waals surface area contributed by atoms with Crippen molar-refractivity contribution in [2.24, 2.45) is 0 Å². The number of aryl methyl sites for hydroxylation is 1. The Bertz CT molecular complexity index is 507. The second kappa shape index (κ2) is 4.75. The molecule has 0 amide bonds. The molecule has 6 nitrogen and oxygen atoms in total. The molecule has 96 valence electrons. The lowest BCUT2D eigenvalue weighted by Crippen LogP contribution is -2.29. The maximum atomic E-state index is 11.0. The van der Waals surface area contributed by atoms with E-state index in [0.717, 1.165) is 31.0 Å². The number of aromatic nitrogens is 2. The van der Waals surface area contributed by atoms with Crippen molar-refractivity contribution in [3.63, 3.8) is 0 Å². The minimum Gasteiger partial charge on any atom is -0.331 e. The molecule has 0 aliphatic carbocycles. The molecule has 1 aromatic rings. The van der Waals surface area contributed by atoms with E-state index in [9.17, 15) is 8.42 Å². The summed E-state index contributed by atoms with van der Waals surface area (Å²) in [4.78, 5) is 4.49. The van der Waals surface area contributed by atoms with Crippen molar-refractivity contribution in [2.45, 2.75) is 26.4 Å². The topological polar surface area (TPSA) is 76.0 Å². The van der Waals surface area contributed by atoms with Crippen molar-refractivity contribution in [2.75, 3.05) is 19.3 Å². The van der Waals surface area contributed by atoms with Gasteiger partial charge in [0.05, 0.1) is 11.9 Å². The lowest BCUT2D eigenvalue weighted by Gasteiger charge is -2.15. The summed E-state index contributed by atoms with van der Waals surface area (Å²) in [5.74, 6) is 0.953. The van der Waals surface area contributed by atoms with Gasteiger partial charge in [-0.2, -0.15) is 0 Å². The highest BCUT2D eigenvalue weighted by molar-refractivity contribution is 7.88. The fourth-order valence-corrected chi connectivity index (χ4v) is 2.61. The Morgan fingerprint density at radius 2 is 2.29 bits per heavy atom. The van der Waals surface area contributed by atoms with Gasteiger partial charge in [0.25, 0.3) is 0 Å².